The molecule has 1 aliphatic rings. The summed E-state index contributed by atoms with van der Waals surface area (Å²) in [6.07, 6.45) is 2.67. The Morgan fingerprint density at radius 3 is 2.81 bits per heavy atom. The molecule has 0 saturated heterocycles. The van der Waals surface area contributed by atoms with Gasteiger partial charge in [0.25, 0.3) is 0 Å². The van der Waals surface area contributed by atoms with E-state index in [0.29, 0.717) is 5.41 Å². The summed E-state index contributed by atoms with van der Waals surface area (Å²) < 4.78 is 5.30. The first-order valence-electron chi connectivity index (χ1n) is 5.67. The Morgan fingerprint density at radius 2 is 2.19 bits per heavy atom. The summed E-state index contributed by atoms with van der Waals surface area (Å²) in [5.74, 6) is 0.862. The van der Waals surface area contributed by atoms with Crippen molar-refractivity contribution in [2.45, 2.75) is 26.3 Å². The zero-order valence-corrected chi connectivity index (χ0v) is 10.6. The van der Waals surface area contributed by atoms with Gasteiger partial charge in [-0.05, 0) is 30.4 Å². The number of nitrogens with one attached hydrogen (secondary N) is 1. The maximum atomic E-state index is 6.15. The van der Waals surface area contributed by atoms with Crippen molar-refractivity contribution in [1.82, 2.24) is 5.32 Å². The first-order chi connectivity index (χ1) is 7.64. The molecule has 0 aliphatic heterocycles. The largest absolute Gasteiger partial charge is 0.496 e. The minimum absolute atomic E-state index is 0.522. The van der Waals surface area contributed by atoms with Crippen LogP contribution in [0.5, 0.6) is 5.75 Å². The molecule has 0 amide bonds. The van der Waals surface area contributed by atoms with Gasteiger partial charge in [-0.25, -0.2) is 0 Å². The fourth-order valence-corrected chi connectivity index (χ4v) is 2.01. The van der Waals surface area contributed by atoms with E-state index in [-0.39, 0.29) is 0 Å². The lowest BCUT2D eigenvalue weighted by atomic mass is 10.1. The number of rotatable bonds is 5. The third kappa shape index (κ3) is 2.69. The Kier molecular flexibility index (Phi) is 3.41. The summed E-state index contributed by atoms with van der Waals surface area (Å²) in [5.41, 5.74) is 1.57. The SMILES string of the molecule is COc1cccc(Cl)c1CNCC1(C)CC1. The molecule has 2 rings (SSSR count). The van der Waals surface area contributed by atoms with E-state index in [4.69, 9.17) is 16.3 Å². The molecular formula is C13H18ClNO. The molecule has 88 valence electrons. The highest BCUT2D eigenvalue weighted by Crippen LogP contribution is 2.44. The van der Waals surface area contributed by atoms with E-state index in [1.54, 1.807) is 7.11 Å². The van der Waals surface area contributed by atoms with Crippen LogP contribution in [-0.2, 0) is 6.54 Å². The quantitative estimate of drug-likeness (QED) is 0.852. The maximum absolute atomic E-state index is 6.15. The summed E-state index contributed by atoms with van der Waals surface area (Å²) in [7, 11) is 1.68. The summed E-state index contributed by atoms with van der Waals surface area (Å²) in [4.78, 5) is 0. The monoisotopic (exact) mass is 239 g/mol. The molecule has 3 heteroatoms. The molecule has 2 nitrogen and oxygen atoms in total. The van der Waals surface area contributed by atoms with Crippen molar-refractivity contribution in [2.75, 3.05) is 13.7 Å². The summed E-state index contributed by atoms with van der Waals surface area (Å²) in [6.45, 7) is 4.14. The number of benzene rings is 1. The van der Waals surface area contributed by atoms with Crippen LogP contribution in [0.2, 0.25) is 5.02 Å². The standard InChI is InChI=1S/C13H18ClNO/c1-13(6-7-13)9-15-8-10-11(14)4-3-5-12(10)16-2/h3-5,15H,6-9H2,1-2H3. The van der Waals surface area contributed by atoms with Crippen LogP contribution in [0.4, 0.5) is 0 Å². The molecule has 0 atom stereocenters. The summed E-state index contributed by atoms with van der Waals surface area (Å²) >= 11 is 6.15. The van der Waals surface area contributed by atoms with E-state index in [9.17, 15) is 0 Å². The average Bonchev–Trinajstić information content (AvgIpc) is 2.99. The lowest BCUT2D eigenvalue weighted by Crippen LogP contribution is -2.21. The Hall–Kier alpha value is -0.730. The van der Waals surface area contributed by atoms with E-state index in [0.717, 1.165) is 29.4 Å². The van der Waals surface area contributed by atoms with E-state index >= 15 is 0 Å². The van der Waals surface area contributed by atoms with Gasteiger partial charge in [0.2, 0.25) is 0 Å². The summed E-state index contributed by atoms with van der Waals surface area (Å²) in [5, 5.41) is 4.23. The van der Waals surface area contributed by atoms with Gasteiger partial charge in [-0.15, -0.1) is 0 Å². The van der Waals surface area contributed by atoms with E-state index < -0.39 is 0 Å². The minimum Gasteiger partial charge on any atom is -0.496 e. The predicted molar refractivity (Wildman–Crippen MR) is 67.1 cm³/mol. The Bertz CT molecular complexity index is 374. The lowest BCUT2D eigenvalue weighted by molar-refractivity contribution is 0.405. The normalized spacial score (nSPS) is 17.2. The van der Waals surface area contributed by atoms with Gasteiger partial charge in [-0.3, -0.25) is 0 Å². The van der Waals surface area contributed by atoms with Crippen molar-refractivity contribution >= 4 is 11.6 Å². The van der Waals surface area contributed by atoms with Crippen LogP contribution < -0.4 is 10.1 Å². The predicted octanol–water partition coefficient (Wildman–Crippen LogP) is 3.24. The van der Waals surface area contributed by atoms with Gasteiger partial charge in [0, 0.05) is 23.7 Å². The molecule has 0 bridgehead atoms. The van der Waals surface area contributed by atoms with Crippen molar-refractivity contribution in [3.05, 3.63) is 28.8 Å². The van der Waals surface area contributed by atoms with Gasteiger partial charge in [-0.1, -0.05) is 24.6 Å². The number of ether oxygens (including phenoxy) is 1. The van der Waals surface area contributed by atoms with Gasteiger partial charge < -0.3 is 10.1 Å². The topological polar surface area (TPSA) is 21.3 Å². The van der Waals surface area contributed by atoms with Crippen LogP contribution >= 0.6 is 11.6 Å². The van der Waals surface area contributed by atoms with Crippen molar-refractivity contribution in [2.24, 2.45) is 5.41 Å². The minimum atomic E-state index is 0.522. The Labute approximate surface area is 102 Å². The lowest BCUT2D eigenvalue weighted by Gasteiger charge is -2.13. The van der Waals surface area contributed by atoms with Crippen LogP contribution in [0.25, 0.3) is 0 Å². The van der Waals surface area contributed by atoms with Gasteiger partial charge in [0.1, 0.15) is 5.75 Å². The van der Waals surface area contributed by atoms with Gasteiger partial charge in [-0.2, -0.15) is 0 Å². The van der Waals surface area contributed by atoms with Crippen LogP contribution in [0.3, 0.4) is 0 Å². The van der Waals surface area contributed by atoms with E-state index in [2.05, 4.69) is 12.2 Å². The van der Waals surface area contributed by atoms with E-state index in [1.165, 1.54) is 12.8 Å². The second-order valence-corrected chi connectivity index (χ2v) is 5.24. The fraction of sp³-hybridized carbons (Fsp3) is 0.538. The van der Waals surface area contributed by atoms with E-state index in [1.807, 2.05) is 18.2 Å². The second-order valence-electron chi connectivity index (χ2n) is 4.83. The highest BCUT2D eigenvalue weighted by molar-refractivity contribution is 6.31. The zero-order valence-electron chi connectivity index (χ0n) is 9.85. The second kappa shape index (κ2) is 4.64. The Morgan fingerprint density at radius 1 is 1.44 bits per heavy atom. The first kappa shape index (κ1) is 11.7. The van der Waals surface area contributed by atoms with Crippen LogP contribution in [0.15, 0.2) is 18.2 Å². The van der Waals surface area contributed by atoms with Crippen LogP contribution in [0.1, 0.15) is 25.3 Å². The van der Waals surface area contributed by atoms with Crippen LogP contribution in [-0.4, -0.2) is 13.7 Å². The Balaban J connectivity index is 1.97. The molecule has 0 spiro atoms. The molecule has 1 fully saturated rings. The molecule has 1 aromatic rings. The molecule has 16 heavy (non-hydrogen) atoms. The number of methoxy groups -OCH3 is 1. The van der Waals surface area contributed by atoms with Gasteiger partial charge in [0.15, 0.2) is 0 Å². The molecule has 0 heterocycles. The van der Waals surface area contributed by atoms with Gasteiger partial charge >= 0.3 is 0 Å². The maximum Gasteiger partial charge on any atom is 0.124 e. The van der Waals surface area contributed by atoms with Crippen LogP contribution in [0, 0.1) is 5.41 Å². The molecule has 0 aromatic heterocycles. The molecule has 0 unspecified atom stereocenters. The highest BCUT2D eigenvalue weighted by Gasteiger charge is 2.36. The van der Waals surface area contributed by atoms with Gasteiger partial charge in [0.05, 0.1) is 7.11 Å². The highest BCUT2D eigenvalue weighted by atomic mass is 35.5. The number of hydrogen-bond acceptors (Lipinski definition) is 2. The number of hydrogen-bond donors (Lipinski definition) is 1. The van der Waals surface area contributed by atoms with Crippen molar-refractivity contribution < 1.29 is 4.74 Å². The van der Waals surface area contributed by atoms with Crippen molar-refractivity contribution in [3.63, 3.8) is 0 Å². The zero-order chi connectivity index (χ0) is 11.6. The molecule has 1 aromatic carbocycles. The third-order valence-corrected chi connectivity index (χ3v) is 3.61. The van der Waals surface area contributed by atoms with Crippen molar-refractivity contribution in [1.29, 1.82) is 0 Å². The average molecular weight is 240 g/mol. The fourth-order valence-electron chi connectivity index (χ4n) is 1.78. The molecule has 1 N–H and O–H groups in total. The molecule has 1 aliphatic carbocycles. The number of halogens is 1. The first-order valence-corrected chi connectivity index (χ1v) is 6.04. The molecule has 1 saturated carbocycles. The molecular weight excluding hydrogens is 222 g/mol. The summed E-state index contributed by atoms with van der Waals surface area (Å²) in [6, 6.07) is 5.76. The smallest absolute Gasteiger partial charge is 0.124 e. The van der Waals surface area contributed by atoms with Crippen molar-refractivity contribution in [3.8, 4) is 5.75 Å². The molecule has 0 radical (unpaired) electrons. The third-order valence-electron chi connectivity index (χ3n) is 3.25.